The Labute approximate surface area is 120 Å². The van der Waals surface area contributed by atoms with Crippen molar-refractivity contribution in [2.24, 2.45) is 5.73 Å². The van der Waals surface area contributed by atoms with Gasteiger partial charge >= 0.3 is 0 Å². The molecule has 4 nitrogen and oxygen atoms in total. The predicted molar refractivity (Wildman–Crippen MR) is 80.7 cm³/mol. The molecule has 0 bridgehead atoms. The van der Waals surface area contributed by atoms with Crippen LogP contribution in [0.4, 0.5) is 0 Å². The zero-order chi connectivity index (χ0) is 14.7. The average molecular weight is 271 g/mol. The topological polar surface area (TPSA) is 61.0 Å². The quantitative estimate of drug-likeness (QED) is 0.928. The van der Waals surface area contributed by atoms with Crippen molar-refractivity contribution in [2.45, 2.75) is 33.2 Å². The first-order chi connectivity index (χ1) is 9.55. The summed E-state index contributed by atoms with van der Waals surface area (Å²) in [5, 5.41) is 0. The standard InChI is InChI=1S/C16H21N3O/c1-10(2)12-5-6-13(15(8-12)20-4)14-7-11(3)18-16(9-17)19-14/h5-8,10H,9,17H2,1-4H3. The van der Waals surface area contributed by atoms with E-state index in [0.29, 0.717) is 18.3 Å². The number of benzene rings is 1. The predicted octanol–water partition coefficient (Wildman–Crippen LogP) is 3.04. The molecule has 0 spiro atoms. The van der Waals surface area contributed by atoms with E-state index in [1.54, 1.807) is 7.11 Å². The highest BCUT2D eigenvalue weighted by atomic mass is 16.5. The minimum Gasteiger partial charge on any atom is -0.496 e. The summed E-state index contributed by atoms with van der Waals surface area (Å²) in [6, 6.07) is 8.18. The van der Waals surface area contributed by atoms with E-state index in [1.807, 2.05) is 13.0 Å². The van der Waals surface area contributed by atoms with Gasteiger partial charge in [-0.1, -0.05) is 19.9 Å². The normalized spacial score (nSPS) is 10.9. The van der Waals surface area contributed by atoms with Crippen LogP contribution >= 0.6 is 0 Å². The van der Waals surface area contributed by atoms with E-state index in [1.165, 1.54) is 5.56 Å². The number of aryl methyl sites for hydroxylation is 1. The summed E-state index contributed by atoms with van der Waals surface area (Å²) in [5.74, 6) is 1.94. The van der Waals surface area contributed by atoms with Crippen molar-refractivity contribution < 1.29 is 4.74 Å². The second kappa shape index (κ2) is 6.01. The zero-order valence-corrected chi connectivity index (χ0v) is 12.5. The monoisotopic (exact) mass is 271 g/mol. The zero-order valence-electron chi connectivity index (χ0n) is 12.5. The molecule has 106 valence electrons. The number of nitrogens with two attached hydrogens (primary N) is 1. The second-order valence-electron chi connectivity index (χ2n) is 5.13. The number of hydrogen-bond acceptors (Lipinski definition) is 4. The van der Waals surface area contributed by atoms with E-state index in [2.05, 4.69) is 42.0 Å². The van der Waals surface area contributed by atoms with Crippen molar-refractivity contribution in [3.05, 3.63) is 41.3 Å². The average Bonchev–Trinajstić information content (AvgIpc) is 2.45. The first-order valence-electron chi connectivity index (χ1n) is 6.78. The Kier molecular flexibility index (Phi) is 4.35. The molecule has 0 saturated heterocycles. The lowest BCUT2D eigenvalue weighted by molar-refractivity contribution is 0.415. The van der Waals surface area contributed by atoms with E-state index in [0.717, 1.165) is 22.7 Å². The molecule has 0 atom stereocenters. The van der Waals surface area contributed by atoms with E-state index in [9.17, 15) is 0 Å². The highest BCUT2D eigenvalue weighted by Crippen LogP contribution is 2.32. The summed E-state index contributed by atoms with van der Waals surface area (Å²) >= 11 is 0. The fraction of sp³-hybridized carbons (Fsp3) is 0.375. The Morgan fingerprint density at radius 3 is 2.55 bits per heavy atom. The number of methoxy groups -OCH3 is 1. The van der Waals surface area contributed by atoms with Crippen LogP contribution in [0, 0.1) is 6.92 Å². The molecule has 2 aromatic rings. The number of aromatic nitrogens is 2. The first kappa shape index (κ1) is 14.5. The molecular formula is C16H21N3O. The van der Waals surface area contributed by atoms with Crippen LogP contribution in [0.3, 0.4) is 0 Å². The van der Waals surface area contributed by atoms with Gasteiger partial charge in [0.1, 0.15) is 11.6 Å². The molecule has 2 rings (SSSR count). The molecule has 0 saturated carbocycles. The van der Waals surface area contributed by atoms with Crippen LogP contribution in [-0.2, 0) is 6.54 Å². The maximum atomic E-state index is 5.64. The van der Waals surface area contributed by atoms with Crippen molar-refractivity contribution in [3.63, 3.8) is 0 Å². The van der Waals surface area contributed by atoms with Gasteiger partial charge in [-0.15, -0.1) is 0 Å². The second-order valence-corrected chi connectivity index (χ2v) is 5.13. The largest absolute Gasteiger partial charge is 0.496 e. The van der Waals surface area contributed by atoms with E-state index < -0.39 is 0 Å². The Hall–Kier alpha value is -1.94. The lowest BCUT2D eigenvalue weighted by Crippen LogP contribution is -2.05. The summed E-state index contributed by atoms with van der Waals surface area (Å²) < 4.78 is 5.51. The Bertz CT molecular complexity index is 609. The maximum absolute atomic E-state index is 5.64. The Morgan fingerprint density at radius 2 is 1.95 bits per heavy atom. The lowest BCUT2D eigenvalue weighted by Gasteiger charge is -2.13. The summed E-state index contributed by atoms with van der Waals surface area (Å²) in [6.07, 6.45) is 0. The number of hydrogen-bond donors (Lipinski definition) is 1. The molecule has 1 aromatic heterocycles. The van der Waals surface area contributed by atoms with Crippen LogP contribution in [0.2, 0.25) is 0 Å². The molecule has 2 N–H and O–H groups in total. The van der Waals surface area contributed by atoms with Crippen molar-refractivity contribution in [3.8, 4) is 17.0 Å². The smallest absolute Gasteiger partial charge is 0.142 e. The number of ether oxygens (including phenoxy) is 1. The minimum absolute atomic E-state index is 0.334. The summed E-state index contributed by atoms with van der Waals surface area (Å²) in [5.41, 5.74) is 9.62. The molecule has 0 aliphatic heterocycles. The highest BCUT2D eigenvalue weighted by Gasteiger charge is 2.11. The molecule has 1 heterocycles. The van der Waals surface area contributed by atoms with Gasteiger partial charge in [-0.2, -0.15) is 0 Å². The van der Waals surface area contributed by atoms with E-state index >= 15 is 0 Å². The lowest BCUT2D eigenvalue weighted by atomic mass is 9.99. The summed E-state index contributed by atoms with van der Waals surface area (Å²) in [6.45, 7) is 6.60. The van der Waals surface area contributed by atoms with Gasteiger partial charge in [0.15, 0.2) is 0 Å². The third kappa shape index (κ3) is 2.96. The SMILES string of the molecule is COc1cc(C(C)C)ccc1-c1cc(C)nc(CN)n1. The van der Waals surface area contributed by atoms with Crippen LogP contribution in [0.5, 0.6) is 5.75 Å². The van der Waals surface area contributed by atoms with Gasteiger partial charge in [-0.25, -0.2) is 9.97 Å². The van der Waals surface area contributed by atoms with Gasteiger partial charge in [-0.3, -0.25) is 0 Å². The molecule has 0 radical (unpaired) electrons. The van der Waals surface area contributed by atoms with Crippen LogP contribution in [-0.4, -0.2) is 17.1 Å². The van der Waals surface area contributed by atoms with E-state index in [-0.39, 0.29) is 0 Å². The number of rotatable bonds is 4. The highest BCUT2D eigenvalue weighted by molar-refractivity contribution is 5.68. The molecule has 0 aliphatic rings. The van der Waals surface area contributed by atoms with Crippen molar-refractivity contribution >= 4 is 0 Å². The summed E-state index contributed by atoms with van der Waals surface area (Å²) in [7, 11) is 1.68. The van der Waals surface area contributed by atoms with Gasteiger partial charge in [0.2, 0.25) is 0 Å². The van der Waals surface area contributed by atoms with Crippen LogP contribution in [0.15, 0.2) is 24.3 Å². The molecular weight excluding hydrogens is 250 g/mol. The van der Waals surface area contributed by atoms with Crippen molar-refractivity contribution in [1.29, 1.82) is 0 Å². The molecule has 20 heavy (non-hydrogen) atoms. The summed E-state index contributed by atoms with van der Waals surface area (Å²) in [4.78, 5) is 8.79. The minimum atomic E-state index is 0.334. The third-order valence-corrected chi connectivity index (χ3v) is 3.25. The number of nitrogens with zero attached hydrogens (tertiary/aromatic N) is 2. The molecule has 0 fully saturated rings. The Balaban J connectivity index is 2.54. The maximum Gasteiger partial charge on any atom is 0.142 e. The van der Waals surface area contributed by atoms with Gasteiger partial charge in [0.05, 0.1) is 19.3 Å². The van der Waals surface area contributed by atoms with Gasteiger partial charge < -0.3 is 10.5 Å². The van der Waals surface area contributed by atoms with Gasteiger partial charge in [0, 0.05) is 11.3 Å². The molecule has 4 heteroatoms. The van der Waals surface area contributed by atoms with Crippen molar-refractivity contribution in [1.82, 2.24) is 9.97 Å². The molecule has 0 aliphatic carbocycles. The van der Waals surface area contributed by atoms with Gasteiger partial charge in [-0.05, 0) is 36.6 Å². The first-order valence-corrected chi connectivity index (χ1v) is 6.78. The van der Waals surface area contributed by atoms with E-state index in [4.69, 9.17) is 10.5 Å². The fourth-order valence-corrected chi connectivity index (χ4v) is 2.14. The Morgan fingerprint density at radius 1 is 1.20 bits per heavy atom. The van der Waals surface area contributed by atoms with Gasteiger partial charge in [0.25, 0.3) is 0 Å². The molecule has 0 unspecified atom stereocenters. The van der Waals surface area contributed by atoms with Crippen LogP contribution in [0.25, 0.3) is 11.3 Å². The third-order valence-electron chi connectivity index (χ3n) is 3.25. The van der Waals surface area contributed by atoms with Crippen molar-refractivity contribution in [2.75, 3.05) is 7.11 Å². The van der Waals surface area contributed by atoms with Crippen LogP contribution in [0.1, 0.15) is 36.8 Å². The molecule has 0 amide bonds. The molecule has 1 aromatic carbocycles. The fourth-order valence-electron chi connectivity index (χ4n) is 2.14. The van der Waals surface area contributed by atoms with Crippen LogP contribution < -0.4 is 10.5 Å².